The van der Waals surface area contributed by atoms with Gasteiger partial charge in [-0.1, -0.05) is 12.1 Å². The minimum atomic E-state index is -0.668. The summed E-state index contributed by atoms with van der Waals surface area (Å²) in [7, 11) is 0. The molecule has 1 aromatic heterocycles. The van der Waals surface area contributed by atoms with Crippen LogP contribution >= 0.6 is 11.3 Å². The van der Waals surface area contributed by atoms with Crippen molar-refractivity contribution < 1.29 is 23.5 Å². The highest BCUT2D eigenvalue weighted by Crippen LogP contribution is 2.27. The molecular formula is C18H10FNO4S. The number of amides is 2. The van der Waals surface area contributed by atoms with E-state index in [1.807, 2.05) is 0 Å². The molecule has 124 valence electrons. The molecule has 0 saturated heterocycles. The molecule has 7 heteroatoms. The van der Waals surface area contributed by atoms with E-state index in [4.69, 9.17) is 4.74 Å². The summed E-state index contributed by atoms with van der Waals surface area (Å²) in [5.74, 6) is -2.05. The Morgan fingerprint density at radius 1 is 1.04 bits per heavy atom. The van der Waals surface area contributed by atoms with E-state index in [9.17, 15) is 18.8 Å². The lowest BCUT2D eigenvalue weighted by molar-refractivity contribution is 0.0232. The minimum absolute atomic E-state index is 0.275. The summed E-state index contributed by atoms with van der Waals surface area (Å²) in [6, 6.07) is 12.2. The molecule has 1 aliphatic heterocycles. The molecule has 0 N–H and O–H groups in total. The maximum absolute atomic E-state index is 13.2. The van der Waals surface area contributed by atoms with E-state index in [2.05, 4.69) is 0 Å². The number of benzene rings is 2. The first-order chi connectivity index (χ1) is 12.0. The fourth-order valence-corrected chi connectivity index (χ4v) is 3.60. The molecule has 0 saturated carbocycles. The van der Waals surface area contributed by atoms with E-state index in [1.165, 1.54) is 18.2 Å². The first-order valence-corrected chi connectivity index (χ1v) is 8.18. The van der Waals surface area contributed by atoms with E-state index >= 15 is 0 Å². The summed E-state index contributed by atoms with van der Waals surface area (Å²) in [6.07, 6.45) is 0. The van der Waals surface area contributed by atoms with Gasteiger partial charge in [0.05, 0.1) is 11.1 Å². The van der Waals surface area contributed by atoms with Crippen molar-refractivity contribution >= 4 is 39.2 Å². The van der Waals surface area contributed by atoms with Gasteiger partial charge in [0.2, 0.25) is 0 Å². The van der Waals surface area contributed by atoms with Gasteiger partial charge in [0, 0.05) is 4.70 Å². The van der Waals surface area contributed by atoms with Gasteiger partial charge in [-0.2, -0.15) is 0 Å². The Balaban J connectivity index is 1.50. The van der Waals surface area contributed by atoms with E-state index in [0.717, 1.165) is 20.9 Å². The number of hydrogen-bond donors (Lipinski definition) is 0. The topological polar surface area (TPSA) is 63.7 Å². The van der Waals surface area contributed by atoms with Gasteiger partial charge in [0.15, 0.2) is 6.73 Å². The number of esters is 1. The van der Waals surface area contributed by atoms with Gasteiger partial charge in [0.1, 0.15) is 10.7 Å². The third-order valence-electron chi connectivity index (χ3n) is 3.88. The third kappa shape index (κ3) is 2.58. The van der Waals surface area contributed by atoms with Crippen LogP contribution in [0, 0.1) is 5.82 Å². The lowest BCUT2D eigenvalue weighted by atomic mass is 10.1. The second-order valence-electron chi connectivity index (χ2n) is 5.44. The van der Waals surface area contributed by atoms with Crippen molar-refractivity contribution in [3.05, 3.63) is 70.4 Å². The van der Waals surface area contributed by atoms with Crippen LogP contribution in [0.5, 0.6) is 0 Å². The predicted molar refractivity (Wildman–Crippen MR) is 89.0 cm³/mol. The standard InChI is InChI=1S/C18H10FNO4S/c19-11-5-6-14-10(7-11)8-15(25-14)18(23)24-9-20-16(21)12-3-1-2-4-13(12)17(20)22/h1-8H,9H2. The van der Waals surface area contributed by atoms with Crippen LogP contribution in [-0.4, -0.2) is 29.4 Å². The summed E-state index contributed by atoms with van der Waals surface area (Å²) in [4.78, 5) is 37.8. The summed E-state index contributed by atoms with van der Waals surface area (Å²) < 4.78 is 19.1. The molecule has 1 aliphatic rings. The average molecular weight is 355 g/mol. The molecule has 2 amide bonds. The molecule has 0 spiro atoms. The monoisotopic (exact) mass is 355 g/mol. The normalized spacial score (nSPS) is 13.4. The van der Waals surface area contributed by atoms with Crippen LogP contribution in [0.2, 0.25) is 0 Å². The predicted octanol–water partition coefficient (Wildman–Crippen LogP) is 3.45. The maximum Gasteiger partial charge on any atom is 0.350 e. The van der Waals surface area contributed by atoms with Crippen LogP contribution in [0.15, 0.2) is 48.5 Å². The van der Waals surface area contributed by atoms with Crippen molar-refractivity contribution in [1.82, 2.24) is 4.90 Å². The number of thiophene rings is 1. The van der Waals surface area contributed by atoms with E-state index in [-0.39, 0.29) is 4.88 Å². The Labute approximate surface area is 145 Å². The molecule has 4 rings (SSSR count). The zero-order valence-electron chi connectivity index (χ0n) is 12.7. The molecule has 3 aromatic rings. The van der Waals surface area contributed by atoms with Gasteiger partial charge in [-0.3, -0.25) is 9.59 Å². The van der Waals surface area contributed by atoms with Crippen LogP contribution in [-0.2, 0) is 4.74 Å². The quantitative estimate of drug-likeness (QED) is 0.533. The van der Waals surface area contributed by atoms with Gasteiger partial charge in [-0.15, -0.1) is 11.3 Å². The number of carbonyl (C=O) groups is 3. The molecule has 0 bridgehead atoms. The molecule has 0 unspecified atom stereocenters. The van der Waals surface area contributed by atoms with Gasteiger partial charge in [0.25, 0.3) is 11.8 Å². The van der Waals surface area contributed by atoms with Crippen LogP contribution in [0.4, 0.5) is 4.39 Å². The van der Waals surface area contributed by atoms with Crippen LogP contribution in [0.25, 0.3) is 10.1 Å². The summed E-state index contributed by atoms with van der Waals surface area (Å²) in [5, 5.41) is 0.595. The number of nitrogens with zero attached hydrogens (tertiary/aromatic N) is 1. The van der Waals surface area contributed by atoms with Crippen molar-refractivity contribution in [2.75, 3.05) is 6.73 Å². The molecule has 2 heterocycles. The molecular weight excluding hydrogens is 345 g/mol. The molecule has 25 heavy (non-hydrogen) atoms. The third-order valence-corrected chi connectivity index (χ3v) is 4.98. The highest BCUT2D eigenvalue weighted by atomic mass is 32.1. The van der Waals surface area contributed by atoms with E-state index < -0.39 is 30.3 Å². The summed E-state index contributed by atoms with van der Waals surface area (Å²) in [6.45, 7) is -0.464. The molecule has 2 aromatic carbocycles. The highest BCUT2D eigenvalue weighted by molar-refractivity contribution is 7.20. The van der Waals surface area contributed by atoms with Crippen molar-refractivity contribution in [2.45, 2.75) is 0 Å². The van der Waals surface area contributed by atoms with Crippen molar-refractivity contribution in [1.29, 1.82) is 0 Å². The summed E-state index contributed by atoms with van der Waals surface area (Å²) in [5.41, 5.74) is 0.585. The Kier molecular flexibility index (Phi) is 3.58. The van der Waals surface area contributed by atoms with Crippen LogP contribution in [0.1, 0.15) is 30.4 Å². The van der Waals surface area contributed by atoms with Gasteiger partial charge in [-0.05, 0) is 41.8 Å². The summed E-state index contributed by atoms with van der Waals surface area (Å²) >= 11 is 1.16. The highest BCUT2D eigenvalue weighted by Gasteiger charge is 2.35. The minimum Gasteiger partial charge on any atom is -0.439 e. The Hall–Kier alpha value is -3.06. The fourth-order valence-electron chi connectivity index (χ4n) is 2.67. The number of ether oxygens (including phenoxy) is 1. The second-order valence-corrected chi connectivity index (χ2v) is 6.52. The molecule has 5 nitrogen and oxygen atoms in total. The molecule has 0 radical (unpaired) electrons. The maximum atomic E-state index is 13.2. The first kappa shape index (κ1) is 15.5. The number of carbonyl (C=O) groups excluding carboxylic acids is 3. The average Bonchev–Trinajstić information content (AvgIpc) is 3.13. The first-order valence-electron chi connectivity index (χ1n) is 7.36. The van der Waals surface area contributed by atoms with Crippen molar-refractivity contribution in [3.63, 3.8) is 0 Å². The van der Waals surface area contributed by atoms with E-state index in [0.29, 0.717) is 16.5 Å². The van der Waals surface area contributed by atoms with Gasteiger partial charge < -0.3 is 4.74 Å². The Morgan fingerprint density at radius 2 is 1.72 bits per heavy atom. The van der Waals surface area contributed by atoms with Crippen molar-refractivity contribution in [3.8, 4) is 0 Å². The van der Waals surface area contributed by atoms with Crippen molar-refractivity contribution in [2.24, 2.45) is 0 Å². The zero-order valence-corrected chi connectivity index (χ0v) is 13.5. The number of imide groups is 1. The number of halogens is 1. The lowest BCUT2D eigenvalue weighted by Gasteiger charge is -2.13. The van der Waals surface area contributed by atoms with Crippen LogP contribution in [0.3, 0.4) is 0 Å². The van der Waals surface area contributed by atoms with E-state index in [1.54, 1.807) is 30.3 Å². The number of rotatable bonds is 3. The fraction of sp³-hybridized carbons (Fsp3) is 0.0556. The Bertz CT molecular complexity index is 1010. The second kappa shape index (κ2) is 5.78. The zero-order chi connectivity index (χ0) is 17.6. The molecule has 0 atom stereocenters. The SMILES string of the molecule is O=C(OCN1C(=O)c2ccccc2C1=O)c1cc2cc(F)ccc2s1. The van der Waals surface area contributed by atoms with Gasteiger partial charge >= 0.3 is 5.97 Å². The smallest absolute Gasteiger partial charge is 0.350 e. The van der Waals surface area contributed by atoms with Crippen LogP contribution < -0.4 is 0 Å². The largest absolute Gasteiger partial charge is 0.439 e. The molecule has 0 fully saturated rings. The Morgan fingerprint density at radius 3 is 2.40 bits per heavy atom. The lowest BCUT2D eigenvalue weighted by Crippen LogP contribution is -2.33. The van der Waals surface area contributed by atoms with Gasteiger partial charge in [-0.25, -0.2) is 14.1 Å². The number of hydrogen-bond acceptors (Lipinski definition) is 5. The molecule has 0 aliphatic carbocycles. The number of fused-ring (bicyclic) bond motifs is 2.